The van der Waals surface area contributed by atoms with E-state index < -0.39 is 0 Å². The minimum Gasteiger partial charge on any atom is -0.494 e. The first-order chi connectivity index (χ1) is 11.4. The van der Waals surface area contributed by atoms with Crippen molar-refractivity contribution in [3.63, 3.8) is 0 Å². The predicted molar refractivity (Wildman–Crippen MR) is 101 cm³/mol. The summed E-state index contributed by atoms with van der Waals surface area (Å²) < 4.78 is 11.2. The third kappa shape index (κ3) is 4.84. The van der Waals surface area contributed by atoms with E-state index in [4.69, 9.17) is 9.47 Å². The van der Waals surface area contributed by atoms with Crippen LogP contribution in [0.4, 0.5) is 0 Å². The maximum Gasteiger partial charge on any atom is 0.124 e. The Bertz CT molecular complexity index is 630. The number of benzene rings is 2. The molecule has 0 unspecified atom stereocenters. The molecular weight excluding hydrogens is 324 g/mol. The van der Waals surface area contributed by atoms with Crippen molar-refractivity contribution in [2.45, 2.75) is 13.5 Å². The van der Waals surface area contributed by atoms with Gasteiger partial charge in [0.15, 0.2) is 0 Å². The highest BCUT2D eigenvalue weighted by molar-refractivity contribution is 5.87. The Hall–Kier alpha value is -1.33. The zero-order chi connectivity index (χ0) is 15.9. The molecule has 1 N–H and O–H groups in total. The van der Waals surface area contributed by atoms with Crippen molar-refractivity contribution in [2.24, 2.45) is 0 Å². The first-order valence-electron chi connectivity index (χ1n) is 8.52. The van der Waals surface area contributed by atoms with Crippen LogP contribution in [0.25, 0.3) is 10.8 Å². The first kappa shape index (κ1) is 19.0. The molecule has 1 aliphatic heterocycles. The molecule has 0 aromatic heterocycles. The second-order valence-corrected chi connectivity index (χ2v) is 5.83. The van der Waals surface area contributed by atoms with Crippen molar-refractivity contribution >= 4 is 23.2 Å². The van der Waals surface area contributed by atoms with Crippen molar-refractivity contribution in [2.75, 3.05) is 46.0 Å². The normalized spacial score (nSPS) is 15.2. The first-order valence-corrected chi connectivity index (χ1v) is 8.52. The fourth-order valence-electron chi connectivity index (χ4n) is 3.06. The van der Waals surface area contributed by atoms with Gasteiger partial charge in [-0.15, -0.1) is 12.4 Å². The molecule has 4 nitrogen and oxygen atoms in total. The predicted octanol–water partition coefficient (Wildman–Crippen LogP) is 3.08. The van der Waals surface area contributed by atoms with Crippen LogP contribution in [0.15, 0.2) is 36.4 Å². The molecule has 0 radical (unpaired) electrons. The smallest absolute Gasteiger partial charge is 0.124 e. The van der Waals surface area contributed by atoms with Crippen LogP contribution in [-0.2, 0) is 11.3 Å². The van der Waals surface area contributed by atoms with E-state index in [-0.39, 0.29) is 12.4 Å². The summed E-state index contributed by atoms with van der Waals surface area (Å²) in [5, 5.41) is 6.12. The fraction of sp³-hybridized carbons (Fsp3) is 0.474. The van der Waals surface area contributed by atoms with Gasteiger partial charge in [-0.2, -0.15) is 0 Å². The largest absolute Gasteiger partial charge is 0.494 e. The van der Waals surface area contributed by atoms with Crippen LogP contribution in [0.1, 0.15) is 12.5 Å². The molecule has 0 amide bonds. The Labute approximate surface area is 150 Å². The molecule has 132 valence electrons. The van der Waals surface area contributed by atoms with Gasteiger partial charge < -0.3 is 14.8 Å². The number of nitrogens with one attached hydrogen (secondary N) is 1. The van der Waals surface area contributed by atoms with Crippen LogP contribution >= 0.6 is 12.4 Å². The van der Waals surface area contributed by atoms with Crippen molar-refractivity contribution in [1.82, 2.24) is 10.2 Å². The summed E-state index contributed by atoms with van der Waals surface area (Å²) in [6.45, 7) is 9.41. The molecule has 1 heterocycles. The van der Waals surface area contributed by atoms with E-state index in [1.165, 1.54) is 16.3 Å². The van der Waals surface area contributed by atoms with Gasteiger partial charge in [0.05, 0.1) is 19.8 Å². The number of ether oxygens (including phenoxy) is 2. The molecule has 3 rings (SSSR count). The minimum atomic E-state index is 0. The molecule has 0 aliphatic carbocycles. The lowest BCUT2D eigenvalue weighted by Crippen LogP contribution is -2.40. The summed E-state index contributed by atoms with van der Waals surface area (Å²) in [4.78, 5) is 2.45. The van der Waals surface area contributed by atoms with Crippen LogP contribution in [0.2, 0.25) is 0 Å². The number of halogens is 1. The number of nitrogens with zero attached hydrogens (tertiary/aromatic N) is 1. The summed E-state index contributed by atoms with van der Waals surface area (Å²) in [6, 6.07) is 12.7. The molecule has 0 bridgehead atoms. The summed E-state index contributed by atoms with van der Waals surface area (Å²) in [5.41, 5.74) is 1.26. The van der Waals surface area contributed by atoms with Gasteiger partial charge in [-0.25, -0.2) is 0 Å². The Morgan fingerprint density at radius 2 is 1.92 bits per heavy atom. The van der Waals surface area contributed by atoms with Gasteiger partial charge in [-0.3, -0.25) is 4.90 Å². The molecule has 5 heteroatoms. The van der Waals surface area contributed by atoms with E-state index in [9.17, 15) is 0 Å². The van der Waals surface area contributed by atoms with E-state index >= 15 is 0 Å². The summed E-state index contributed by atoms with van der Waals surface area (Å²) >= 11 is 0. The van der Waals surface area contributed by atoms with Gasteiger partial charge in [-0.1, -0.05) is 30.3 Å². The second kappa shape index (κ2) is 9.84. The van der Waals surface area contributed by atoms with Crippen molar-refractivity contribution < 1.29 is 9.47 Å². The van der Waals surface area contributed by atoms with Gasteiger partial charge in [0.25, 0.3) is 0 Å². The van der Waals surface area contributed by atoms with E-state index in [0.29, 0.717) is 6.61 Å². The molecule has 24 heavy (non-hydrogen) atoms. The zero-order valence-electron chi connectivity index (χ0n) is 14.3. The number of morpholine rings is 1. The zero-order valence-corrected chi connectivity index (χ0v) is 15.1. The van der Waals surface area contributed by atoms with Crippen LogP contribution < -0.4 is 10.1 Å². The average molecular weight is 351 g/mol. The molecule has 1 aliphatic rings. The third-order valence-corrected chi connectivity index (χ3v) is 4.31. The lowest BCUT2D eigenvalue weighted by atomic mass is 10.0. The lowest BCUT2D eigenvalue weighted by molar-refractivity contribution is 0.0384. The van der Waals surface area contributed by atoms with E-state index in [1.54, 1.807) is 0 Å². The van der Waals surface area contributed by atoms with E-state index in [1.807, 2.05) is 6.92 Å². The summed E-state index contributed by atoms with van der Waals surface area (Å²) in [5.74, 6) is 0.991. The van der Waals surface area contributed by atoms with Crippen LogP contribution in [0, 0.1) is 0 Å². The summed E-state index contributed by atoms with van der Waals surface area (Å²) in [6.07, 6.45) is 0. The molecular formula is C19H27ClN2O2. The minimum absolute atomic E-state index is 0. The van der Waals surface area contributed by atoms with E-state index in [0.717, 1.165) is 51.7 Å². The van der Waals surface area contributed by atoms with Crippen molar-refractivity contribution in [1.29, 1.82) is 0 Å². The number of rotatable bonds is 7. The van der Waals surface area contributed by atoms with Gasteiger partial charge >= 0.3 is 0 Å². The molecule has 0 spiro atoms. The third-order valence-electron chi connectivity index (χ3n) is 4.31. The standard InChI is InChI=1S/C19H26N2O2.ClH/c1-2-23-19-8-7-16-5-3-4-6-17(16)18(19)15-20-9-10-21-11-13-22-14-12-21;/h3-8,20H,2,9-15H2,1H3;1H. The molecule has 0 saturated carbocycles. The van der Waals surface area contributed by atoms with Crippen LogP contribution in [-0.4, -0.2) is 50.9 Å². The SMILES string of the molecule is CCOc1ccc2ccccc2c1CNCCN1CCOCC1.Cl. The Morgan fingerprint density at radius 1 is 1.12 bits per heavy atom. The summed E-state index contributed by atoms with van der Waals surface area (Å²) in [7, 11) is 0. The van der Waals surface area contributed by atoms with Gasteiger partial charge in [0.2, 0.25) is 0 Å². The van der Waals surface area contributed by atoms with Crippen molar-refractivity contribution in [3.05, 3.63) is 42.0 Å². The van der Waals surface area contributed by atoms with Gasteiger partial charge in [0, 0.05) is 38.3 Å². The molecule has 1 fully saturated rings. The molecule has 2 aromatic carbocycles. The van der Waals surface area contributed by atoms with Crippen molar-refractivity contribution in [3.8, 4) is 5.75 Å². The maximum atomic E-state index is 5.83. The van der Waals surface area contributed by atoms with Crippen LogP contribution in [0.3, 0.4) is 0 Å². The van der Waals surface area contributed by atoms with Gasteiger partial charge in [-0.05, 0) is 23.8 Å². The number of hydrogen-bond acceptors (Lipinski definition) is 4. The Kier molecular flexibility index (Phi) is 7.79. The Balaban J connectivity index is 0.00000208. The van der Waals surface area contributed by atoms with Crippen LogP contribution in [0.5, 0.6) is 5.75 Å². The average Bonchev–Trinajstić information content (AvgIpc) is 2.61. The molecule has 2 aromatic rings. The van der Waals surface area contributed by atoms with E-state index in [2.05, 4.69) is 46.6 Å². The highest BCUT2D eigenvalue weighted by Gasteiger charge is 2.11. The molecule has 1 saturated heterocycles. The quantitative estimate of drug-likeness (QED) is 0.778. The topological polar surface area (TPSA) is 33.7 Å². The Morgan fingerprint density at radius 3 is 2.71 bits per heavy atom. The second-order valence-electron chi connectivity index (χ2n) is 5.83. The highest BCUT2D eigenvalue weighted by Crippen LogP contribution is 2.28. The number of fused-ring (bicyclic) bond motifs is 1. The highest BCUT2D eigenvalue weighted by atomic mass is 35.5. The number of hydrogen-bond donors (Lipinski definition) is 1. The van der Waals surface area contributed by atoms with Gasteiger partial charge in [0.1, 0.15) is 5.75 Å². The molecule has 0 atom stereocenters. The monoisotopic (exact) mass is 350 g/mol. The lowest BCUT2D eigenvalue weighted by Gasteiger charge is -2.26. The maximum absolute atomic E-state index is 5.83. The fourth-order valence-corrected chi connectivity index (χ4v) is 3.06.